The Morgan fingerprint density at radius 2 is 1.66 bits per heavy atom. The molecule has 0 amide bonds. The van der Waals surface area contributed by atoms with Crippen molar-refractivity contribution in [1.29, 1.82) is 0 Å². The van der Waals surface area contributed by atoms with Crippen LogP contribution in [0.5, 0.6) is 5.75 Å². The number of rotatable bonds is 8. The van der Waals surface area contributed by atoms with Gasteiger partial charge < -0.3 is 14.9 Å². The van der Waals surface area contributed by atoms with Crippen molar-refractivity contribution in [1.82, 2.24) is 0 Å². The van der Waals surface area contributed by atoms with Crippen molar-refractivity contribution < 1.29 is 18.7 Å². The standard InChI is InChI=1S/C28H23Cl2NO4/c1-16(2)28(33)22(27(31)26-23(29)4-3-5-24(26)30)15-34-20-9-6-17(7-10-20)18-8-11-25-19(12-18)13-21(14-32)35-25/h3-14,16H,15,31H2,1-2H3/b27-22-. The number of furan rings is 1. The van der Waals surface area contributed by atoms with Gasteiger partial charge in [-0.15, -0.1) is 0 Å². The molecule has 178 valence electrons. The van der Waals surface area contributed by atoms with Crippen molar-refractivity contribution in [2.75, 3.05) is 6.61 Å². The highest BCUT2D eigenvalue weighted by atomic mass is 35.5. The molecule has 0 aliphatic rings. The van der Waals surface area contributed by atoms with Crippen LogP contribution in [-0.4, -0.2) is 18.7 Å². The molecule has 2 N–H and O–H groups in total. The first-order valence-corrected chi connectivity index (χ1v) is 11.7. The normalized spacial score (nSPS) is 12.0. The molecule has 3 aromatic carbocycles. The van der Waals surface area contributed by atoms with E-state index in [1.165, 1.54) is 0 Å². The van der Waals surface area contributed by atoms with Gasteiger partial charge in [-0.25, -0.2) is 0 Å². The monoisotopic (exact) mass is 507 g/mol. The van der Waals surface area contributed by atoms with Crippen LogP contribution in [0.3, 0.4) is 0 Å². The number of Topliss-reactive ketones (excluding diaryl/α,β-unsaturated/α-hetero) is 1. The molecular formula is C28H23Cl2NO4. The van der Waals surface area contributed by atoms with Gasteiger partial charge in [0, 0.05) is 16.9 Å². The van der Waals surface area contributed by atoms with Crippen LogP contribution in [-0.2, 0) is 4.79 Å². The Morgan fingerprint density at radius 3 is 2.29 bits per heavy atom. The highest BCUT2D eigenvalue weighted by Gasteiger charge is 2.21. The zero-order valence-corrected chi connectivity index (χ0v) is 20.7. The van der Waals surface area contributed by atoms with Gasteiger partial charge in [0.15, 0.2) is 17.8 Å². The first kappa shape index (κ1) is 24.6. The van der Waals surface area contributed by atoms with Gasteiger partial charge in [0.2, 0.25) is 0 Å². The average Bonchev–Trinajstić information content (AvgIpc) is 3.27. The van der Waals surface area contributed by atoms with Gasteiger partial charge in [-0.3, -0.25) is 9.59 Å². The molecular weight excluding hydrogens is 485 g/mol. The molecule has 1 aromatic heterocycles. The van der Waals surface area contributed by atoms with E-state index in [1.54, 1.807) is 38.1 Å². The maximum Gasteiger partial charge on any atom is 0.185 e. The van der Waals surface area contributed by atoms with Crippen LogP contribution >= 0.6 is 23.2 Å². The molecule has 35 heavy (non-hydrogen) atoms. The summed E-state index contributed by atoms with van der Waals surface area (Å²) in [5.74, 6) is 0.443. The maximum absolute atomic E-state index is 12.9. The highest BCUT2D eigenvalue weighted by Crippen LogP contribution is 2.32. The SMILES string of the molecule is CC(C)C(=O)/C(COc1ccc(-c2ccc3oc(C=O)cc3c2)cc1)=C(\N)c1c(Cl)cccc1Cl. The largest absolute Gasteiger partial charge is 0.489 e. The Kier molecular flexibility index (Phi) is 7.29. The Hall–Kier alpha value is -3.54. The van der Waals surface area contributed by atoms with Gasteiger partial charge in [0.1, 0.15) is 17.9 Å². The lowest BCUT2D eigenvalue weighted by Gasteiger charge is -2.16. The second-order valence-electron chi connectivity index (χ2n) is 8.34. The number of aldehydes is 1. The van der Waals surface area contributed by atoms with Gasteiger partial charge in [-0.2, -0.15) is 0 Å². The summed E-state index contributed by atoms with van der Waals surface area (Å²) in [5, 5.41) is 1.58. The fourth-order valence-electron chi connectivity index (χ4n) is 3.74. The molecule has 0 aliphatic carbocycles. The Morgan fingerprint density at radius 1 is 1.00 bits per heavy atom. The summed E-state index contributed by atoms with van der Waals surface area (Å²) in [4.78, 5) is 23.9. The van der Waals surface area contributed by atoms with Crippen LogP contribution in [0, 0.1) is 5.92 Å². The van der Waals surface area contributed by atoms with E-state index in [2.05, 4.69) is 0 Å². The number of ether oxygens (including phenoxy) is 1. The second-order valence-corrected chi connectivity index (χ2v) is 9.15. The molecule has 0 radical (unpaired) electrons. The first-order chi connectivity index (χ1) is 16.8. The number of carbonyl (C=O) groups is 2. The third-order valence-corrected chi connectivity index (χ3v) is 6.23. The van der Waals surface area contributed by atoms with E-state index in [1.807, 2.05) is 42.5 Å². The number of benzene rings is 3. The zero-order valence-electron chi connectivity index (χ0n) is 19.2. The first-order valence-electron chi connectivity index (χ1n) is 11.0. The van der Waals surface area contributed by atoms with Crippen LogP contribution in [0.4, 0.5) is 0 Å². The van der Waals surface area contributed by atoms with E-state index in [-0.39, 0.29) is 29.8 Å². The van der Waals surface area contributed by atoms with Crippen molar-refractivity contribution in [3.8, 4) is 16.9 Å². The number of hydrogen-bond donors (Lipinski definition) is 1. The number of nitrogens with two attached hydrogens (primary N) is 1. The fraction of sp³-hybridized carbons (Fsp3) is 0.143. The fourth-order valence-corrected chi connectivity index (χ4v) is 4.34. The molecule has 0 fully saturated rings. The lowest BCUT2D eigenvalue weighted by atomic mass is 9.97. The predicted octanol–water partition coefficient (Wildman–Crippen LogP) is 7.19. The van der Waals surface area contributed by atoms with E-state index < -0.39 is 0 Å². The Balaban J connectivity index is 1.58. The summed E-state index contributed by atoms with van der Waals surface area (Å²) in [7, 11) is 0. The van der Waals surface area contributed by atoms with Crippen molar-refractivity contribution >= 4 is 51.9 Å². The van der Waals surface area contributed by atoms with Crippen LogP contribution in [0.15, 0.2) is 76.7 Å². The minimum Gasteiger partial charge on any atom is -0.489 e. The third kappa shape index (κ3) is 5.26. The van der Waals surface area contributed by atoms with Gasteiger partial charge in [-0.1, -0.05) is 61.3 Å². The molecule has 0 atom stereocenters. The quantitative estimate of drug-likeness (QED) is 0.201. The minimum absolute atomic E-state index is 0.0286. The van der Waals surface area contributed by atoms with Crippen LogP contribution in [0.1, 0.15) is 30.0 Å². The molecule has 7 heteroatoms. The molecule has 4 rings (SSSR count). The highest BCUT2D eigenvalue weighted by molar-refractivity contribution is 6.37. The van der Waals surface area contributed by atoms with E-state index in [4.69, 9.17) is 38.1 Å². The number of ketones is 1. The van der Waals surface area contributed by atoms with Crippen molar-refractivity contribution in [2.45, 2.75) is 13.8 Å². The van der Waals surface area contributed by atoms with Crippen molar-refractivity contribution in [2.24, 2.45) is 11.7 Å². The predicted molar refractivity (Wildman–Crippen MR) is 140 cm³/mol. The number of carbonyl (C=O) groups excluding carboxylic acids is 2. The summed E-state index contributed by atoms with van der Waals surface area (Å²) in [6, 6.07) is 20.0. The molecule has 0 spiro atoms. The summed E-state index contributed by atoms with van der Waals surface area (Å²) in [6.45, 7) is 3.57. The third-order valence-electron chi connectivity index (χ3n) is 5.60. The molecule has 0 saturated heterocycles. The molecule has 4 aromatic rings. The van der Waals surface area contributed by atoms with Gasteiger partial charge in [0.05, 0.1) is 21.3 Å². The van der Waals surface area contributed by atoms with Crippen LogP contribution in [0.2, 0.25) is 10.0 Å². The Bertz CT molecular complexity index is 1420. The van der Waals surface area contributed by atoms with Crippen LogP contribution in [0.25, 0.3) is 27.8 Å². The maximum atomic E-state index is 12.9. The molecule has 0 saturated carbocycles. The topological polar surface area (TPSA) is 82.5 Å². The average molecular weight is 508 g/mol. The lowest BCUT2D eigenvalue weighted by molar-refractivity contribution is -0.118. The summed E-state index contributed by atoms with van der Waals surface area (Å²) >= 11 is 12.6. The van der Waals surface area contributed by atoms with E-state index in [9.17, 15) is 9.59 Å². The number of hydrogen-bond acceptors (Lipinski definition) is 5. The number of halogens is 2. The molecule has 0 bridgehead atoms. The van der Waals surface area contributed by atoms with Gasteiger partial charge in [-0.05, 0) is 53.6 Å². The molecule has 5 nitrogen and oxygen atoms in total. The van der Waals surface area contributed by atoms with E-state index in [0.29, 0.717) is 38.8 Å². The summed E-state index contributed by atoms with van der Waals surface area (Å²) < 4.78 is 11.4. The summed E-state index contributed by atoms with van der Waals surface area (Å²) in [6.07, 6.45) is 0.686. The van der Waals surface area contributed by atoms with E-state index >= 15 is 0 Å². The lowest BCUT2D eigenvalue weighted by Crippen LogP contribution is -2.21. The smallest absolute Gasteiger partial charge is 0.185 e. The van der Waals surface area contributed by atoms with Crippen molar-refractivity contribution in [3.05, 3.63) is 93.7 Å². The van der Waals surface area contributed by atoms with Crippen molar-refractivity contribution in [3.63, 3.8) is 0 Å². The minimum atomic E-state index is -0.284. The zero-order chi connectivity index (χ0) is 25.1. The van der Waals surface area contributed by atoms with Gasteiger partial charge >= 0.3 is 0 Å². The van der Waals surface area contributed by atoms with Crippen LogP contribution < -0.4 is 10.5 Å². The Labute approximate surface area is 213 Å². The van der Waals surface area contributed by atoms with E-state index in [0.717, 1.165) is 16.5 Å². The number of fused-ring (bicyclic) bond motifs is 1. The van der Waals surface area contributed by atoms with Gasteiger partial charge in [0.25, 0.3) is 0 Å². The molecule has 1 heterocycles. The second kappa shape index (κ2) is 10.4. The molecule has 0 aliphatic heterocycles. The summed E-state index contributed by atoms with van der Waals surface area (Å²) in [5.41, 5.74) is 9.91. The molecule has 0 unspecified atom stereocenters.